The van der Waals surface area contributed by atoms with Crippen molar-refractivity contribution in [1.29, 1.82) is 0 Å². The predicted molar refractivity (Wildman–Crippen MR) is 77.0 cm³/mol. The van der Waals surface area contributed by atoms with Crippen molar-refractivity contribution in [2.45, 2.75) is 24.3 Å². The zero-order valence-electron chi connectivity index (χ0n) is 10.8. The first kappa shape index (κ1) is 17.7. The second kappa shape index (κ2) is 6.61. The monoisotopic (exact) mass is 354 g/mol. The number of rotatable bonds is 6. The molecule has 1 atom stereocenters. The third-order valence-corrected chi connectivity index (χ3v) is 4.74. The molecule has 0 bridgehead atoms. The molecule has 0 radical (unpaired) electrons. The Morgan fingerprint density at radius 2 is 1.95 bits per heavy atom. The average molecular weight is 355 g/mol. The first-order valence-corrected chi connectivity index (χ1v) is 7.81. The maximum Gasteiger partial charge on any atom is 0.337 e. The molecule has 0 aromatic heterocycles. The fourth-order valence-corrected chi connectivity index (χ4v) is 3.73. The molecule has 10 heteroatoms. The molecule has 1 rings (SSSR count). The lowest BCUT2D eigenvalue weighted by Crippen LogP contribution is -2.36. The normalized spacial score (nSPS) is 12.9. The highest BCUT2D eigenvalue weighted by Crippen LogP contribution is 2.29. The number of aromatic carboxylic acids is 1. The fraction of sp³-hybridized carbons (Fsp3) is 0.273. The van der Waals surface area contributed by atoms with Gasteiger partial charge in [-0.1, -0.05) is 23.2 Å². The van der Waals surface area contributed by atoms with Gasteiger partial charge in [-0.3, -0.25) is 4.79 Å². The number of nitrogens with one attached hydrogen (secondary N) is 1. The summed E-state index contributed by atoms with van der Waals surface area (Å²) in [6.07, 6.45) is -0.219. The van der Waals surface area contributed by atoms with Crippen molar-refractivity contribution in [3.8, 4) is 0 Å². The SMILES string of the molecule is CC(CC(N)=O)NS(=O)(=O)c1cc(Cl)cc(C(=O)O)c1Cl. The van der Waals surface area contributed by atoms with Crippen LogP contribution in [0.5, 0.6) is 0 Å². The second-order valence-electron chi connectivity index (χ2n) is 4.26. The van der Waals surface area contributed by atoms with Crippen LogP contribution in [0.3, 0.4) is 0 Å². The van der Waals surface area contributed by atoms with Gasteiger partial charge in [0.2, 0.25) is 15.9 Å². The van der Waals surface area contributed by atoms with E-state index >= 15 is 0 Å². The summed E-state index contributed by atoms with van der Waals surface area (Å²) in [5.74, 6) is -2.10. The second-order valence-corrected chi connectivity index (χ2v) is 6.76. The number of hydrogen-bond acceptors (Lipinski definition) is 4. The summed E-state index contributed by atoms with van der Waals surface area (Å²) >= 11 is 11.5. The fourth-order valence-electron chi connectivity index (χ4n) is 1.59. The number of sulfonamides is 1. The largest absolute Gasteiger partial charge is 0.478 e. The van der Waals surface area contributed by atoms with E-state index < -0.39 is 43.4 Å². The average Bonchev–Trinajstić information content (AvgIpc) is 2.29. The van der Waals surface area contributed by atoms with Crippen molar-refractivity contribution in [3.05, 3.63) is 27.7 Å². The van der Waals surface area contributed by atoms with Gasteiger partial charge < -0.3 is 10.8 Å². The van der Waals surface area contributed by atoms with Crippen LogP contribution >= 0.6 is 23.2 Å². The summed E-state index contributed by atoms with van der Waals surface area (Å²) in [4.78, 5) is 21.3. The minimum absolute atomic E-state index is 0.0975. The molecule has 1 unspecified atom stereocenters. The van der Waals surface area contributed by atoms with Gasteiger partial charge in [-0.2, -0.15) is 0 Å². The Morgan fingerprint density at radius 3 is 2.43 bits per heavy atom. The molecular weight excluding hydrogens is 343 g/mol. The molecule has 116 valence electrons. The van der Waals surface area contributed by atoms with Gasteiger partial charge in [0.1, 0.15) is 4.90 Å². The maximum absolute atomic E-state index is 12.2. The summed E-state index contributed by atoms with van der Waals surface area (Å²) in [7, 11) is -4.15. The molecule has 0 spiro atoms. The lowest BCUT2D eigenvalue weighted by Gasteiger charge is -2.14. The number of amides is 1. The van der Waals surface area contributed by atoms with E-state index in [4.69, 9.17) is 34.0 Å². The third kappa shape index (κ3) is 4.57. The molecule has 0 fully saturated rings. The van der Waals surface area contributed by atoms with E-state index in [-0.39, 0.29) is 11.4 Å². The van der Waals surface area contributed by atoms with Crippen LogP contribution in [0.25, 0.3) is 0 Å². The van der Waals surface area contributed by atoms with Crippen LogP contribution in [-0.4, -0.2) is 31.4 Å². The number of hydrogen-bond donors (Lipinski definition) is 3. The highest BCUT2D eigenvalue weighted by molar-refractivity contribution is 7.89. The van der Waals surface area contributed by atoms with E-state index in [9.17, 15) is 18.0 Å². The number of benzene rings is 1. The smallest absolute Gasteiger partial charge is 0.337 e. The number of carbonyl (C=O) groups excluding carboxylic acids is 1. The molecule has 7 nitrogen and oxygen atoms in total. The summed E-state index contributed by atoms with van der Waals surface area (Å²) in [5, 5.41) is 8.40. The molecule has 1 aromatic carbocycles. The van der Waals surface area contributed by atoms with E-state index in [1.54, 1.807) is 0 Å². The lowest BCUT2D eigenvalue weighted by atomic mass is 10.2. The highest BCUT2D eigenvalue weighted by atomic mass is 35.5. The first-order chi connectivity index (χ1) is 9.54. The van der Waals surface area contributed by atoms with Gasteiger partial charge in [-0.25, -0.2) is 17.9 Å². The predicted octanol–water partition coefficient (Wildman–Crippen LogP) is 1.23. The molecule has 0 heterocycles. The van der Waals surface area contributed by atoms with Crippen LogP contribution in [0, 0.1) is 0 Å². The van der Waals surface area contributed by atoms with Gasteiger partial charge >= 0.3 is 5.97 Å². The van der Waals surface area contributed by atoms with E-state index in [1.807, 2.05) is 0 Å². The Balaban J connectivity index is 3.26. The molecule has 0 aliphatic carbocycles. The molecule has 0 aliphatic rings. The molecule has 0 saturated heterocycles. The third-order valence-electron chi connectivity index (χ3n) is 2.39. The Bertz CT molecular complexity index is 690. The molecule has 4 N–H and O–H groups in total. The Morgan fingerprint density at radius 1 is 1.38 bits per heavy atom. The molecule has 0 saturated carbocycles. The molecule has 1 amide bonds. The summed E-state index contributed by atoms with van der Waals surface area (Å²) < 4.78 is 26.5. The number of carboxylic acids is 1. The van der Waals surface area contributed by atoms with Gasteiger partial charge in [0, 0.05) is 17.5 Å². The van der Waals surface area contributed by atoms with Crippen molar-refractivity contribution in [2.75, 3.05) is 0 Å². The number of carboxylic acid groups (broad SMARTS) is 1. The van der Waals surface area contributed by atoms with Crippen LogP contribution < -0.4 is 10.5 Å². The molecular formula is C11H12Cl2N2O5S. The standard InChI is InChI=1S/C11H12Cl2N2O5S/c1-5(2-9(14)16)15-21(19,20)8-4-6(12)3-7(10(8)13)11(17)18/h3-5,15H,2H2,1H3,(H2,14,16)(H,17,18). The van der Waals surface area contributed by atoms with E-state index in [2.05, 4.69) is 4.72 Å². The van der Waals surface area contributed by atoms with E-state index in [0.29, 0.717) is 0 Å². The van der Waals surface area contributed by atoms with Crippen LogP contribution in [-0.2, 0) is 14.8 Å². The topological polar surface area (TPSA) is 127 Å². The highest BCUT2D eigenvalue weighted by Gasteiger charge is 2.25. The van der Waals surface area contributed by atoms with E-state index in [0.717, 1.165) is 12.1 Å². The lowest BCUT2D eigenvalue weighted by molar-refractivity contribution is -0.118. The molecule has 0 aliphatic heterocycles. The summed E-state index contributed by atoms with van der Waals surface area (Å²) in [5.41, 5.74) is 4.53. The zero-order valence-corrected chi connectivity index (χ0v) is 13.1. The summed E-state index contributed by atoms with van der Waals surface area (Å²) in [6.45, 7) is 1.43. The number of carbonyl (C=O) groups is 2. The number of primary amides is 1. The maximum atomic E-state index is 12.2. The van der Waals surface area contributed by atoms with Gasteiger partial charge in [-0.05, 0) is 19.1 Å². The van der Waals surface area contributed by atoms with Crippen molar-refractivity contribution < 1.29 is 23.1 Å². The number of halogens is 2. The van der Waals surface area contributed by atoms with E-state index in [1.165, 1.54) is 6.92 Å². The van der Waals surface area contributed by atoms with Crippen LogP contribution in [0.15, 0.2) is 17.0 Å². The molecule has 21 heavy (non-hydrogen) atoms. The van der Waals surface area contributed by atoms with Crippen LogP contribution in [0.1, 0.15) is 23.7 Å². The zero-order chi connectivity index (χ0) is 16.4. The quantitative estimate of drug-likeness (QED) is 0.707. The number of nitrogens with two attached hydrogens (primary N) is 1. The van der Waals surface area contributed by atoms with Gasteiger partial charge in [0.15, 0.2) is 0 Å². The molecule has 1 aromatic rings. The van der Waals surface area contributed by atoms with Crippen LogP contribution in [0.2, 0.25) is 10.0 Å². The minimum Gasteiger partial charge on any atom is -0.478 e. The van der Waals surface area contributed by atoms with Crippen molar-refractivity contribution in [2.24, 2.45) is 5.73 Å². The summed E-state index contributed by atoms with van der Waals surface area (Å²) in [6, 6.07) is 1.28. The Labute approximate surface area is 131 Å². The van der Waals surface area contributed by atoms with Crippen molar-refractivity contribution >= 4 is 45.1 Å². The van der Waals surface area contributed by atoms with Crippen molar-refractivity contribution in [3.63, 3.8) is 0 Å². The first-order valence-electron chi connectivity index (χ1n) is 5.57. The minimum atomic E-state index is -4.15. The van der Waals surface area contributed by atoms with Gasteiger partial charge in [-0.15, -0.1) is 0 Å². The van der Waals surface area contributed by atoms with Crippen LogP contribution in [0.4, 0.5) is 0 Å². The van der Waals surface area contributed by atoms with Gasteiger partial charge in [0.05, 0.1) is 10.6 Å². The van der Waals surface area contributed by atoms with Crippen molar-refractivity contribution in [1.82, 2.24) is 4.72 Å². The Kier molecular flexibility index (Phi) is 5.57. The van der Waals surface area contributed by atoms with Gasteiger partial charge in [0.25, 0.3) is 0 Å². The Hall–Kier alpha value is -1.35.